The van der Waals surface area contributed by atoms with Crippen molar-refractivity contribution in [3.8, 4) is 22.8 Å². The Morgan fingerprint density at radius 2 is 2.03 bits per heavy atom. The van der Waals surface area contributed by atoms with Gasteiger partial charge in [-0.3, -0.25) is 0 Å². The second-order valence-corrected chi connectivity index (χ2v) is 6.97. The quantitative estimate of drug-likeness (QED) is 0.463. The van der Waals surface area contributed by atoms with Crippen molar-refractivity contribution in [3.63, 3.8) is 0 Å². The van der Waals surface area contributed by atoms with E-state index in [0.29, 0.717) is 12.4 Å². The summed E-state index contributed by atoms with van der Waals surface area (Å²) < 4.78 is 12.5. The number of hydrogen-bond donors (Lipinski definition) is 2. The monoisotopic (exact) mass is 414 g/mol. The minimum absolute atomic E-state index is 0.251. The van der Waals surface area contributed by atoms with Crippen LogP contribution in [0.25, 0.3) is 23.0 Å². The highest BCUT2D eigenvalue weighted by atomic mass is 16.7. The number of nitrogens with one attached hydrogen (secondary N) is 1. The summed E-state index contributed by atoms with van der Waals surface area (Å²) in [5.41, 5.74) is 4.25. The van der Waals surface area contributed by atoms with Gasteiger partial charge in [-0.15, -0.1) is 5.10 Å². The lowest BCUT2D eigenvalue weighted by Crippen LogP contribution is -2.04. The summed E-state index contributed by atoms with van der Waals surface area (Å²) in [5.74, 6) is 1.22. The molecule has 154 valence electrons. The number of carbonyl (C=O) groups is 1. The van der Waals surface area contributed by atoms with Gasteiger partial charge in [-0.25, -0.2) is 14.3 Å². The number of carboxylic acid groups (broad SMARTS) is 1. The molecule has 3 heterocycles. The van der Waals surface area contributed by atoms with E-state index < -0.39 is 5.97 Å². The molecular weight excluding hydrogens is 396 g/mol. The fraction of sp³-hybridized carbons (Fsp3) is 0.0870. The lowest BCUT2D eigenvalue weighted by molar-refractivity contribution is -0.131. The van der Waals surface area contributed by atoms with Crippen molar-refractivity contribution in [1.82, 2.24) is 14.6 Å². The first kappa shape index (κ1) is 18.7. The highest BCUT2D eigenvalue weighted by Gasteiger charge is 2.13. The van der Waals surface area contributed by atoms with Gasteiger partial charge in [0.1, 0.15) is 5.82 Å². The van der Waals surface area contributed by atoms with Gasteiger partial charge < -0.3 is 19.9 Å². The van der Waals surface area contributed by atoms with Crippen LogP contribution in [0.4, 0.5) is 5.82 Å². The first-order valence-electron chi connectivity index (χ1n) is 9.64. The second kappa shape index (κ2) is 7.83. The molecule has 0 saturated heterocycles. The fourth-order valence-corrected chi connectivity index (χ4v) is 3.38. The molecule has 31 heavy (non-hydrogen) atoms. The van der Waals surface area contributed by atoms with Crippen molar-refractivity contribution < 1.29 is 19.4 Å². The van der Waals surface area contributed by atoms with Crippen molar-refractivity contribution in [2.45, 2.75) is 6.54 Å². The SMILES string of the molecule is O=C(O)C=Cc1cccc(-c2cnc3ccc(NCc4ccc5c(c4)OCO5)nn23)c1. The molecule has 0 bridgehead atoms. The summed E-state index contributed by atoms with van der Waals surface area (Å²) >= 11 is 0. The Bertz CT molecular complexity index is 1310. The van der Waals surface area contributed by atoms with Gasteiger partial charge in [0.15, 0.2) is 17.1 Å². The Morgan fingerprint density at radius 3 is 2.94 bits per heavy atom. The van der Waals surface area contributed by atoms with Crippen molar-refractivity contribution in [3.05, 3.63) is 78.0 Å². The van der Waals surface area contributed by atoms with E-state index in [2.05, 4.69) is 15.4 Å². The Morgan fingerprint density at radius 1 is 1.13 bits per heavy atom. The van der Waals surface area contributed by atoms with Gasteiger partial charge in [0, 0.05) is 18.2 Å². The van der Waals surface area contributed by atoms with Crippen molar-refractivity contribution in [2.75, 3.05) is 12.1 Å². The smallest absolute Gasteiger partial charge is 0.328 e. The summed E-state index contributed by atoms with van der Waals surface area (Å²) in [4.78, 5) is 15.2. The van der Waals surface area contributed by atoms with E-state index in [0.717, 1.165) is 45.6 Å². The van der Waals surface area contributed by atoms with Crippen molar-refractivity contribution in [1.29, 1.82) is 0 Å². The van der Waals surface area contributed by atoms with Crippen LogP contribution in [0.2, 0.25) is 0 Å². The minimum atomic E-state index is -0.986. The maximum absolute atomic E-state index is 10.8. The third-order valence-electron chi connectivity index (χ3n) is 4.87. The zero-order valence-electron chi connectivity index (χ0n) is 16.4. The molecule has 0 unspecified atom stereocenters. The van der Waals surface area contributed by atoms with E-state index in [4.69, 9.17) is 14.6 Å². The molecular formula is C23H18N4O4. The molecule has 5 rings (SSSR count). The average molecular weight is 414 g/mol. The fourth-order valence-electron chi connectivity index (χ4n) is 3.38. The number of hydrogen-bond acceptors (Lipinski definition) is 6. The van der Waals surface area contributed by atoms with Crippen molar-refractivity contribution in [2.24, 2.45) is 0 Å². The normalized spacial score (nSPS) is 12.5. The van der Waals surface area contributed by atoms with E-state index in [1.165, 1.54) is 0 Å². The number of anilines is 1. The number of ether oxygens (including phenoxy) is 2. The van der Waals surface area contributed by atoms with Gasteiger partial charge in [-0.1, -0.05) is 24.3 Å². The van der Waals surface area contributed by atoms with Crippen LogP contribution in [-0.2, 0) is 11.3 Å². The zero-order chi connectivity index (χ0) is 21.2. The number of fused-ring (bicyclic) bond motifs is 2. The molecule has 2 N–H and O–H groups in total. The number of aliphatic carboxylic acids is 1. The third kappa shape index (κ3) is 3.91. The summed E-state index contributed by atoms with van der Waals surface area (Å²) in [7, 11) is 0. The Labute approximate surface area is 177 Å². The summed E-state index contributed by atoms with van der Waals surface area (Å²) in [6.45, 7) is 0.829. The molecule has 2 aromatic heterocycles. The maximum atomic E-state index is 10.8. The Hall–Kier alpha value is -4.33. The number of benzene rings is 2. The van der Waals surface area contributed by atoms with Crippen LogP contribution in [0.15, 0.2) is 66.9 Å². The van der Waals surface area contributed by atoms with Crippen LogP contribution < -0.4 is 14.8 Å². The van der Waals surface area contributed by atoms with Gasteiger partial charge in [0.25, 0.3) is 0 Å². The third-order valence-corrected chi connectivity index (χ3v) is 4.87. The molecule has 0 amide bonds. The van der Waals surface area contributed by atoms with E-state index >= 15 is 0 Å². The molecule has 1 aliphatic rings. The first-order valence-corrected chi connectivity index (χ1v) is 9.64. The lowest BCUT2D eigenvalue weighted by atomic mass is 10.1. The lowest BCUT2D eigenvalue weighted by Gasteiger charge is -2.08. The van der Waals surface area contributed by atoms with Crippen molar-refractivity contribution >= 4 is 23.5 Å². The Balaban J connectivity index is 1.40. The molecule has 0 radical (unpaired) electrons. The van der Waals surface area contributed by atoms with E-state index in [9.17, 15) is 4.79 Å². The van der Waals surface area contributed by atoms with Gasteiger partial charge in [-0.05, 0) is 47.5 Å². The second-order valence-electron chi connectivity index (χ2n) is 6.97. The molecule has 0 atom stereocenters. The number of aromatic nitrogens is 3. The molecule has 0 spiro atoms. The highest BCUT2D eigenvalue weighted by molar-refractivity contribution is 5.85. The summed E-state index contributed by atoms with van der Waals surface area (Å²) in [6, 6.07) is 17.2. The predicted octanol–water partition coefficient (Wildman–Crippen LogP) is 3.83. The van der Waals surface area contributed by atoms with Crippen LogP contribution in [0.5, 0.6) is 11.5 Å². The van der Waals surface area contributed by atoms with E-state index in [1.54, 1.807) is 16.8 Å². The molecule has 4 aromatic rings. The standard InChI is InChI=1S/C23H18N4O4/c28-23(29)9-5-15-2-1-3-17(10-15)18-13-25-22-8-7-21(26-27(18)22)24-12-16-4-6-19-20(11-16)31-14-30-19/h1-11,13H,12,14H2,(H,24,26)(H,28,29). The zero-order valence-corrected chi connectivity index (χ0v) is 16.4. The van der Waals surface area contributed by atoms with Gasteiger partial charge in [0.2, 0.25) is 6.79 Å². The number of rotatable bonds is 6. The van der Waals surface area contributed by atoms with Crippen LogP contribution in [-0.4, -0.2) is 32.5 Å². The Kier molecular flexibility index (Phi) is 4.72. The molecule has 0 aliphatic carbocycles. The molecule has 2 aromatic carbocycles. The van der Waals surface area contributed by atoms with Crippen LogP contribution >= 0.6 is 0 Å². The highest BCUT2D eigenvalue weighted by Crippen LogP contribution is 2.32. The van der Waals surface area contributed by atoms with Crippen LogP contribution in [0, 0.1) is 0 Å². The summed E-state index contributed by atoms with van der Waals surface area (Å²) in [5, 5.41) is 16.8. The number of imidazole rings is 1. The van der Waals surface area contributed by atoms with Gasteiger partial charge in [-0.2, -0.15) is 0 Å². The molecule has 0 fully saturated rings. The minimum Gasteiger partial charge on any atom is -0.478 e. The predicted molar refractivity (Wildman–Crippen MR) is 115 cm³/mol. The molecule has 8 nitrogen and oxygen atoms in total. The molecule has 0 saturated carbocycles. The van der Waals surface area contributed by atoms with E-state index in [-0.39, 0.29) is 6.79 Å². The topological polar surface area (TPSA) is 98.0 Å². The average Bonchev–Trinajstić information content (AvgIpc) is 3.42. The number of nitrogens with zero attached hydrogens (tertiary/aromatic N) is 3. The largest absolute Gasteiger partial charge is 0.478 e. The number of carboxylic acids is 1. The van der Waals surface area contributed by atoms with Gasteiger partial charge >= 0.3 is 5.97 Å². The van der Waals surface area contributed by atoms with Gasteiger partial charge in [0.05, 0.1) is 11.9 Å². The molecule has 1 aliphatic heterocycles. The van der Waals surface area contributed by atoms with E-state index in [1.807, 2.05) is 54.6 Å². The van der Waals surface area contributed by atoms with Crippen LogP contribution in [0.1, 0.15) is 11.1 Å². The maximum Gasteiger partial charge on any atom is 0.328 e. The molecule has 8 heteroatoms. The first-order chi connectivity index (χ1) is 15.2. The van der Waals surface area contributed by atoms with Crippen LogP contribution in [0.3, 0.4) is 0 Å². The summed E-state index contributed by atoms with van der Waals surface area (Å²) in [6.07, 6.45) is 4.43.